The third kappa shape index (κ3) is 3.79. The highest BCUT2D eigenvalue weighted by atomic mass is 16.3. The number of aliphatic hydroxyl groups excluding tert-OH is 1. The summed E-state index contributed by atoms with van der Waals surface area (Å²) in [5.74, 6) is 0.523. The van der Waals surface area contributed by atoms with Gasteiger partial charge in [-0.1, -0.05) is 51.7 Å². The number of aliphatic hydroxyl groups is 1. The fourth-order valence-electron chi connectivity index (χ4n) is 3.65. The molecular formula is C19H30O2. The molecule has 0 atom stereocenters. The van der Waals surface area contributed by atoms with Gasteiger partial charge in [-0.25, -0.2) is 0 Å². The highest BCUT2D eigenvalue weighted by molar-refractivity contribution is 5.48. The van der Waals surface area contributed by atoms with Crippen LogP contribution in [-0.4, -0.2) is 16.8 Å². The molecule has 118 valence electrons. The van der Waals surface area contributed by atoms with E-state index in [4.69, 9.17) is 0 Å². The maximum atomic E-state index is 10.8. The summed E-state index contributed by atoms with van der Waals surface area (Å²) in [6.07, 6.45) is 10.0. The summed E-state index contributed by atoms with van der Waals surface area (Å²) in [4.78, 5) is 0. The Hall–Kier alpha value is -1.02. The normalized spacial score (nSPS) is 17.9. The van der Waals surface area contributed by atoms with Crippen LogP contribution in [0.3, 0.4) is 0 Å². The maximum absolute atomic E-state index is 10.8. The minimum atomic E-state index is 0.106. The molecule has 21 heavy (non-hydrogen) atoms. The Balaban J connectivity index is 2.39. The summed E-state index contributed by atoms with van der Waals surface area (Å²) < 4.78 is 0. The Morgan fingerprint density at radius 2 is 1.81 bits per heavy atom. The van der Waals surface area contributed by atoms with Crippen molar-refractivity contribution in [3.05, 3.63) is 28.8 Å². The molecule has 1 aromatic rings. The van der Waals surface area contributed by atoms with E-state index in [1.807, 2.05) is 0 Å². The van der Waals surface area contributed by atoms with Gasteiger partial charge in [0.05, 0.1) is 0 Å². The van der Waals surface area contributed by atoms with Crippen LogP contribution in [0, 0.1) is 0 Å². The molecule has 0 spiro atoms. The summed E-state index contributed by atoms with van der Waals surface area (Å²) in [6.45, 7) is 4.65. The molecule has 0 aliphatic heterocycles. The van der Waals surface area contributed by atoms with Crippen molar-refractivity contribution in [1.82, 2.24) is 0 Å². The van der Waals surface area contributed by atoms with E-state index in [0.717, 1.165) is 43.2 Å². The maximum Gasteiger partial charge on any atom is 0.122 e. The number of hydrogen-bond acceptors (Lipinski definition) is 2. The van der Waals surface area contributed by atoms with Crippen LogP contribution in [0.15, 0.2) is 12.1 Å². The van der Waals surface area contributed by atoms with Crippen LogP contribution < -0.4 is 0 Å². The number of phenols is 1. The van der Waals surface area contributed by atoms with Gasteiger partial charge >= 0.3 is 0 Å². The van der Waals surface area contributed by atoms with Crippen LogP contribution >= 0.6 is 0 Å². The van der Waals surface area contributed by atoms with Crippen molar-refractivity contribution in [3.63, 3.8) is 0 Å². The monoisotopic (exact) mass is 290 g/mol. The van der Waals surface area contributed by atoms with Crippen LogP contribution in [-0.2, 0) is 18.3 Å². The van der Waals surface area contributed by atoms with Gasteiger partial charge in [-0.15, -0.1) is 0 Å². The largest absolute Gasteiger partial charge is 0.507 e. The average Bonchev–Trinajstić information content (AvgIpc) is 2.48. The minimum absolute atomic E-state index is 0.106. The van der Waals surface area contributed by atoms with E-state index >= 15 is 0 Å². The SMILES string of the molecule is CCCCc1cc(CCO)cc(C2(C)CCCCC2)c1O. The van der Waals surface area contributed by atoms with Crippen molar-refractivity contribution in [2.24, 2.45) is 0 Å². The standard InChI is InChI=1S/C19H30O2/c1-3-4-8-16-13-15(9-12-20)14-17(18(16)21)19(2)10-6-5-7-11-19/h13-14,20-21H,3-12H2,1-2H3. The molecule has 0 saturated heterocycles. The van der Waals surface area contributed by atoms with Crippen molar-refractivity contribution in [1.29, 1.82) is 0 Å². The highest BCUT2D eigenvalue weighted by Gasteiger charge is 2.32. The lowest BCUT2D eigenvalue weighted by molar-refractivity contribution is 0.297. The molecule has 0 amide bonds. The van der Waals surface area contributed by atoms with Crippen LogP contribution in [0.25, 0.3) is 0 Å². The second-order valence-electron chi connectivity index (χ2n) is 6.85. The quantitative estimate of drug-likeness (QED) is 0.810. The third-order valence-electron chi connectivity index (χ3n) is 5.06. The first-order chi connectivity index (χ1) is 10.1. The number of aromatic hydroxyl groups is 1. The highest BCUT2D eigenvalue weighted by Crippen LogP contribution is 2.44. The van der Waals surface area contributed by atoms with Crippen LogP contribution in [0.2, 0.25) is 0 Å². The van der Waals surface area contributed by atoms with Crippen molar-refractivity contribution >= 4 is 0 Å². The molecule has 2 heteroatoms. The van der Waals surface area contributed by atoms with Crippen molar-refractivity contribution in [2.75, 3.05) is 6.61 Å². The van der Waals surface area contributed by atoms with Gasteiger partial charge in [0.25, 0.3) is 0 Å². The van der Waals surface area contributed by atoms with Crippen molar-refractivity contribution in [3.8, 4) is 5.75 Å². The second-order valence-corrected chi connectivity index (χ2v) is 6.85. The van der Waals surface area contributed by atoms with Crippen LogP contribution in [0.5, 0.6) is 5.75 Å². The van der Waals surface area contributed by atoms with E-state index in [9.17, 15) is 10.2 Å². The zero-order valence-electron chi connectivity index (χ0n) is 13.6. The first kappa shape index (κ1) is 16.4. The van der Waals surface area contributed by atoms with Gasteiger partial charge in [-0.3, -0.25) is 0 Å². The summed E-state index contributed by atoms with van der Waals surface area (Å²) in [5.41, 5.74) is 3.47. The molecule has 1 fully saturated rings. The fraction of sp³-hybridized carbons (Fsp3) is 0.684. The van der Waals surface area contributed by atoms with Crippen molar-refractivity contribution in [2.45, 2.75) is 77.0 Å². The van der Waals surface area contributed by atoms with E-state index in [1.165, 1.54) is 24.8 Å². The van der Waals surface area contributed by atoms with Crippen LogP contribution in [0.4, 0.5) is 0 Å². The van der Waals surface area contributed by atoms with E-state index in [1.54, 1.807) is 0 Å². The Morgan fingerprint density at radius 1 is 1.10 bits per heavy atom. The smallest absolute Gasteiger partial charge is 0.122 e. The predicted molar refractivity (Wildman–Crippen MR) is 87.9 cm³/mol. The Morgan fingerprint density at radius 3 is 2.43 bits per heavy atom. The number of phenolic OH excluding ortho intramolecular Hbond substituents is 1. The van der Waals surface area contributed by atoms with Gasteiger partial charge in [-0.05, 0) is 48.6 Å². The van der Waals surface area contributed by atoms with Gasteiger partial charge in [0.1, 0.15) is 5.75 Å². The molecule has 0 aromatic heterocycles. The van der Waals surface area contributed by atoms with Crippen LogP contribution in [0.1, 0.15) is 75.5 Å². The number of rotatable bonds is 6. The minimum Gasteiger partial charge on any atom is -0.507 e. The van der Waals surface area contributed by atoms with E-state index in [0.29, 0.717) is 12.2 Å². The van der Waals surface area contributed by atoms with Gasteiger partial charge in [0, 0.05) is 12.2 Å². The zero-order valence-corrected chi connectivity index (χ0v) is 13.6. The van der Waals surface area contributed by atoms with Crippen molar-refractivity contribution < 1.29 is 10.2 Å². The molecular weight excluding hydrogens is 260 g/mol. The van der Waals surface area contributed by atoms with Gasteiger partial charge < -0.3 is 10.2 Å². The molecule has 2 rings (SSSR count). The lowest BCUT2D eigenvalue weighted by atomic mass is 9.70. The summed E-state index contributed by atoms with van der Waals surface area (Å²) >= 11 is 0. The van der Waals surface area contributed by atoms with Gasteiger partial charge in [0.15, 0.2) is 0 Å². The third-order valence-corrected chi connectivity index (χ3v) is 5.06. The Kier molecular flexibility index (Phi) is 5.69. The van der Waals surface area contributed by atoms with E-state index in [2.05, 4.69) is 26.0 Å². The fourth-order valence-corrected chi connectivity index (χ4v) is 3.65. The molecule has 0 heterocycles. The summed E-state index contributed by atoms with van der Waals surface area (Å²) in [7, 11) is 0. The Labute approximate surface area is 129 Å². The molecule has 1 saturated carbocycles. The average molecular weight is 290 g/mol. The van der Waals surface area contributed by atoms with E-state index in [-0.39, 0.29) is 12.0 Å². The Bertz CT molecular complexity index is 459. The second kappa shape index (κ2) is 7.31. The molecule has 0 radical (unpaired) electrons. The number of hydrogen-bond donors (Lipinski definition) is 2. The topological polar surface area (TPSA) is 40.5 Å². The predicted octanol–water partition coefficient (Wildman–Crippen LogP) is 4.49. The number of unbranched alkanes of at least 4 members (excludes halogenated alkanes) is 1. The lowest BCUT2D eigenvalue weighted by Gasteiger charge is -2.35. The molecule has 1 aliphatic carbocycles. The van der Waals surface area contributed by atoms with Gasteiger partial charge in [-0.2, -0.15) is 0 Å². The number of aryl methyl sites for hydroxylation is 1. The molecule has 0 bridgehead atoms. The lowest BCUT2D eigenvalue weighted by Crippen LogP contribution is -2.25. The number of benzene rings is 1. The molecule has 1 aliphatic rings. The van der Waals surface area contributed by atoms with E-state index < -0.39 is 0 Å². The first-order valence-electron chi connectivity index (χ1n) is 8.57. The first-order valence-corrected chi connectivity index (χ1v) is 8.57. The summed E-state index contributed by atoms with van der Waals surface area (Å²) in [6, 6.07) is 4.24. The zero-order chi connectivity index (χ0) is 15.3. The summed E-state index contributed by atoms with van der Waals surface area (Å²) in [5, 5.41) is 20.0. The molecule has 0 unspecified atom stereocenters. The molecule has 2 N–H and O–H groups in total. The van der Waals surface area contributed by atoms with Gasteiger partial charge in [0.2, 0.25) is 0 Å². The molecule has 1 aromatic carbocycles. The molecule has 2 nitrogen and oxygen atoms in total.